The van der Waals surface area contributed by atoms with Crippen LogP contribution in [-0.4, -0.2) is 106 Å². The summed E-state index contributed by atoms with van der Waals surface area (Å²) >= 11 is 0. The summed E-state index contributed by atoms with van der Waals surface area (Å²) in [5, 5.41) is 2.81. The van der Waals surface area contributed by atoms with E-state index in [0.29, 0.717) is 32.4 Å². The maximum Gasteiger partial charge on any atom is 0.303 e. The number of carbonyl (C=O) groups is 5. The van der Waals surface area contributed by atoms with Crippen molar-refractivity contribution in [2.75, 3.05) is 26.3 Å². The lowest BCUT2D eigenvalue weighted by molar-refractivity contribution is -0.277. The molecule has 1 N–H and O–H groups in total. The maximum absolute atomic E-state index is 12.9. The third-order valence-corrected chi connectivity index (χ3v) is 12.7. The lowest BCUT2D eigenvalue weighted by Gasteiger charge is -2.44. The Morgan fingerprint density at radius 1 is 0.886 bits per heavy atom. The summed E-state index contributed by atoms with van der Waals surface area (Å²) in [5.41, 5.74) is 0. The summed E-state index contributed by atoms with van der Waals surface area (Å²) in [5.74, 6) is -2.31. The van der Waals surface area contributed by atoms with Crippen molar-refractivity contribution in [3.8, 4) is 0 Å². The lowest BCUT2D eigenvalue weighted by atomic mass is 9.96. The van der Waals surface area contributed by atoms with Crippen LogP contribution in [-0.2, 0) is 52.1 Å². The minimum atomic E-state index is -1.86. The van der Waals surface area contributed by atoms with Gasteiger partial charge >= 0.3 is 17.9 Å². The third kappa shape index (κ3) is 11.7. The molecule has 2 saturated heterocycles. The predicted molar refractivity (Wildman–Crippen MR) is 162 cm³/mol. The first kappa shape index (κ1) is 37.6. The summed E-state index contributed by atoms with van der Waals surface area (Å²) in [7, 11) is -1.86. The van der Waals surface area contributed by atoms with Crippen LogP contribution in [0.3, 0.4) is 0 Å². The Bertz CT molecular complexity index is 1010. The number of likely N-dealkylation sites (tertiary alicyclic amines) is 1. The molecule has 2 unspecified atom stereocenters. The highest BCUT2D eigenvalue weighted by molar-refractivity contribution is 6.74. The van der Waals surface area contributed by atoms with Gasteiger partial charge in [-0.25, -0.2) is 0 Å². The Labute approximate surface area is 262 Å². The first-order chi connectivity index (χ1) is 20.4. The molecule has 2 fully saturated rings. The Kier molecular flexibility index (Phi) is 14.3. The van der Waals surface area contributed by atoms with Gasteiger partial charge in [0.1, 0.15) is 18.8 Å². The van der Waals surface area contributed by atoms with Crippen molar-refractivity contribution in [1.29, 1.82) is 0 Å². The molecule has 0 saturated carbocycles. The first-order valence-electron chi connectivity index (χ1n) is 15.4. The number of nitrogens with zero attached hydrogens (tertiary/aromatic N) is 1. The van der Waals surface area contributed by atoms with Gasteiger partial charge in [0.05, 0.1) is 0 Å². The Hall–Kier alpha value is -2.55. The van der Waals surface area contributed by atoms with E-state index in [9.17, 15) is 24.0 Å². The molecule has 0 aromatic heterocycles. The van der Waals surface area contributed by atoms with Crippen molar-refractivity contribution in [1.82, 2.24) is 10.2 Å². The van der Waals surface area contributed by atoms with Gasteiger partial charge in [-0.15, -0.1) is 0 Å². The maximum atomic E-state index is 12.9. The molecule has 252 valence electrons. The van der Waals surface area contributed by atoms with Crippen LogP contribution in [0.15, 0.2) is 0 Å². The number of ether oxygens (including phenoxy) is 5. The zero-order valence-electron chi connectivity index (χ0n) is 27.8. The minimum Gasteiger partial charge on any atom is -0.463 e. The molecule has 5 atom stereocenters. The summed E-state index contributed by atoms with van der Waals surface area (Å²) in [4.78, 5) is 62.2. The number of esters is 3. The van der Waals surface area contributed by atoms with Crippen LogP contribution < -0.4 is 5.32 Å². The van der Waals surface area contributed by atoms with Gasteiger partial charge in [-0.1, -0.05) is 20.8 Å². The molecule has 0 aromatic carbocycles. The van der Waals surface area contributed by atoms with Gasteiger partial charge in [0.15, 0.2) is 26.8 Å². The second kappa shape index (κ2) is 16.7. The van der Waals surface area contributed by atoms with Gasteiger partial charge in [-0.2, -0.15) is 0 Å². The fraction of sp³-hybridized carbons (Fsp3) is 0.833. The van der Waals surface area contributed by atoms with E-state index in [-0.39, 0.29) is 30.3 Å². The molecule has 44 heavy (non-hydrogen) atoms. The summed E-state index contributed by atoms with van der Waals surface area (Å²) < 4.78 is 34.5. The number of piperidine rings is 1. The highest BCUT2D eigenvalue weighted by Gasteiger charge is 2.51. The highest BCUT2D eigenvalue weighted by Crippen LogP contribution is 2.38. The normalized spacial score (nSPS) is 24.8. The van der Waals surface area contributed by atoms with Gasteiger partial charge in [0.25, 0.3) is 0 Å². The molecule has 2 aliphatic rings. The van der Waals surface area contributed by atoms with E-state index >= 15 is 0 Å². The van der Waals surface area contributed by atoms with E-state index in [1.54, 1.807) is 0 Å². The zero-order valence-corrected chi connectivity index (χ0v) is 28.8. The van der Waals surface area contributed by atoms with E-state index in [0.717, 1.165) is 12.8 Å². The van der Waals surface area contributed by atoms with E-state index in [4.69, 9.17) is 28.1 Å². The smallest absolute Gasteiger partial charge is 0.303 e. The average Bonchev–Trinajstić information content (AvgIpc) is 2.89. The van der Waals surface area contributed by atoms with Crippen molar-refractivity contribution >= 4 is 38.0 Å². The molecule has 2 rings (SSSR count). The van der Waals surface area contributed by atoms with Gasteiger partial charge < -0.3 is 38.3 Å². The third-order valence-electron chi connectivity index (χ3n) is 8.20. The molecule has 0 aliphatic carbocycles. The quantitative estimate of drug-likeness (QED) is 0.136. The first-order valence-corrected chi connectivity index (χ1v) is 18.3. The standard InChI is InChI=1S/C30H52N2O11Si/c1-19(33)31-26-28(41-22(4)36)27(40-21(3)35)24(18-39-20(2)34)42-29(26)38-17-11-10-12-25(37)32-15-13-23(14-16-32)43-44(8,9)30(5,6)7/h23-24,26-29H,10-18H2,1-9H3,(H,31,33)/t24?,26-,27-,28?,29+/m0/s1. The molecule has 2 aliphatic heterocycles. The molecule has 2 amide bonds. The van der Waals surface area contributed by atoms with Crippen molar-refractivity contribution in [2.45, 2.75) is 135 Å². The SMILES string of the molecule is CC(=O)N[C@H]1C(OC(C)=O)[C@@H](OC(C)=O)C(COC(C)=O)O[C@H]1OCCCCC(=O)N1CCC(O[Si](C)(C)C(C)(C)C)CC1. The fourth-order valence-corrected chi connectivity index (χ4v) is 6.41. The average molecular weight is 645 g/mol. The van der Waals surface area contributed by atoms with Crippen LogP contribution in [0.25, 0.3) is 0 Å². The van der Waals surface area contributed by atoms with Crippen molar-refractivity contribution < 1.29 is 52.1 Å². The number of rotatable bonds is 13. The Balaban J connectivity index is 1.95. The molecule has 0 spiro atoms. The number of hydrogen-bond donors (Lipinski definition) is 1. The number of unbranched alkanes of at least 4 members (excludes halogenated alkanes) is 1. The largest absolute Gasteiger partial charge is 0.463 e. The van der Waals surface area contributed by atoms with E-state index in [1.807, 2.05) is 4.90 Å². The molecular weight excluding hydrogens is 592 g/mol. The summed E-state index contributed by atoms with van der Waals surface area (Å²) in [6.45, 7) is 17.2. The predicted octanol–water partition coefficient (Wildman–Crippen LogP) is 2.84. The number of carbonyl (C=O) groups excluding carboxylic acids is 5. The lowest BCUT2D eigenvalue weighted by Crippen LogP contribution is -2.66. The second-order valence-electron chi connectivity index (χ2n) is 13.0. The molecular formula is C30H52N2O11Si. The van der Waals surface area contributed by atoms with E-state index in [2.05, 4.69) is 39.2 Å². The Morgan fingerprint density at radius 2 is 1.48 bits per heavy atom. The van der Waals surface area contributed by atoms with Gasteiger partial charge in [0, 0.05) is 59.9 Å². The highest BCUT2D eigenvalue weighted by atomic mass is 28.4. The van der Waals surface area contributed by atoms with Crippen molar-refractivity contribution in [3.63, 3.8) is 0 Å². The molecule has 14 heteroatoms. The van der Waals surface area contributed by atoms with Crippen LogP contribution in [0, 0.1) is 0 Å². The number of hydrogen-bond acceptors (Lipinski definition) is 11. The van der Waals surface area contributed by atoms with Gasteiger partial charge in [-0.05, 0) is 43.8 Å². The van der Waals surface area contributed by atoms with Crippen LogP contribution in [0.1, 0.15) is 80.6 Å². The molecule has 0 radical (unpaired) electrons. The topological polar surface area (TPSA) is 156 Å². The molecule has 2 heterocycles. The van der Waals surface area contributed by atoms with Gasteiger partial charge in [0.2, 0.25) is 11.8 Å². The molecule has 0 aromatic rings. The van der Waals surface area contributed by atoms with Crippen LogP contribution >= 0.6 is 0 Å². The van der Waals surface area contributed by atoms with Crippen molar-refractivity contribution in [2.24, 2.45) is 0 Å². The van der Waals surface area contributed by atoms with Crippen LogP contribution in [0.5, 0.6) is 0 Å². The molecule has 0 bridgehead atoms. The summed E-state index contributed by atoms with van der Waals surface area (Å²) in [6, 6.07) is -1.02. The van der Waals surface area contributed by atoms with E-state index in [1.165, 1.54) is 27.7 Å². The minimum absolute atomic E-state index is 0.0846. The second-order valence-corrected chi connectivity index (χ2v) is 17.8. The molecule has 13 nitrogen and oxygen atoms in total. The van der Waals surface area contributed by atoms with Crippen molar-refractivity contribution in [3.05, 3.63) is 0 Å². The zero-order chi connectivity index (χ0) is 33.2. The number of amides is 2. The van der Waals surface area contributed by atoms with Crippen LogP contribution in [0.4, 0.5) is 0 Å². The Morgan fingerprint density at radius 3 is 2.00 bits per heavy atom. The van der Waals surface area contributed by atoms with Gasteiger partial charge in [-0.3, -0.25) is 24.0 Å². The fourth-order valence-electron chi connectivity index (χ4n) is 4.99. The number of nitrogens with one attached hydrogen (secondary N) is 1. The van der Waals surface area contributed by atoms with Crippen LogP contribution in [0.2, 0.25) is 18.1 Å². The monoisotopic (exact) mass is 644 g/mol. The summed E-state index contributed by atoms with van der Waals surface area (Å²) in [6.07, 6.45) is -1.22. The van der Waals surface area contributed by atoms with E-state index < -0.39 is 62.8 Å².